The molecule has 0 aromatic carbocycles. The van der Waals surface area contributed by atoms with Gasteiger partial charge in [0.2, 0.25) is 0 Å². The summed E-state index contributed by atoms with van der Waals surface area (Å²) in [5.41, 5.74) is 0. The molecule has 0 nitrogen and oxygen atoms in total. The lowest BCUT2D eigenvalue weighted by molar-refractivity contribution is 0.419. The van der Waals surface area contributed by atoms with Crippen LogP contribution < -0.4 is 0 Å². The molecule has 0 aliphatic rings. The Labute approximate surface area is 59.7 Å². The standard InChI is InChI=1S/C9H19/c1-5-6-7-9(4)8(2)3/h8-9H,4-7H2,1-3H3. The van der Waals surface area contributed by atoms with E-state index in [1.165, 1.54) is 19.3 Å². The Kier molecular flexibility index (Phi) is 4.84. The van der Waals surface area contributed by atoms with E-state index in [9.17, 15) is 0 Å². The van der Waals surface area contributed by atoms with Crippen molar-refractivity contribution in [3.8, 4) is 0 Å². The van der Waals surface area contributed by atoms with Crippen LogP contribution in [0.5, 0.6) is 0 Å². The van der Waals surface area contributed by atoms with Crippen molar-refractivity contribution in [1.82, 2.24) is 0 Å². The smallest absolute Gasteiger partial charge is 0.0391 e. The third kappa shape index (κ3) is 4.50. The Bertz CT molecular complexity index is 55.1. The third-order valence-corrected chi connectivity index (χ3v) is 1.87. The third-order valence-electron chi connectivity index (χ3n) is 1.87. The molecule has 0 rings (SSSR count). The van der Waals surface area contributed by atoms with Crippen LogP contribution in [0.25, 0.3) is 0 Å². The van der Waals surface area contributed by atoms with E-state index in [1.807, 2.05) is 0 Å². The second kappa shape index (κ2) is 4.84. The molecule has 0 amide bonds. The maximum absolute atomic E-state index is 4.08. The first-order valence-corrected chi connectivity index (χ1v) is 4.01. The van der Waals surface area contributed by atoms with Crippen LogP contribution in [0.2, 0.25) is 0 Å². The van der Waals surface area contributed by atoms with Gasteiger partial charge in [-0.05, 0) is 18.8 Å². The molecule has 0 fully saturated rings. The van der Waals surface area contributed by atoms with Gasteiger partial charge >= 0.3 is 0 Å². The molecule has 0 aliphatic carbocycles. The maximum Gasteiger partial charge on any atom is -0.0391 e. The Morgan fingerprint density at radius 2 is 1.89 bits per heavy atom. The zero-order valence-electron chi connectivity index (χ0n) is 6.98. The molecule has 1 unspecified atom stereocenters. The summed E-state index contributed by atoms with van der Waals surface area (Å²) in [7, 11) is 0. The highest BCUT2D eigenvalue weighted by molar-refractivity contribution is 4.63. The van der Waals surface area contributed by atoms with E-state index < -0.39 is 0 Å². The molecular weight excluding hydrogens is 108 g/mol. The summed E-state index contributed by atoms with van der Waals surface area (Å²) in [5.74, 6) is 1.43. The van der Waals surface area contributed by atoms with Gasteiger partial charge in [0.1, 0.15) is 0 Å². The van der Waals surface area contributed by atoms with Gasteiger partial charge in [0.25, 0.3) is 0 Å². The first kappa shape index (κ1) is 9.00. The average molecular weight is 127 g/mol. The first-order valence-electron chi connectivity index (χ1n) is 4.01. The zero-order valence-corrected chi connectivity index (χ0v) is 6.98. The summed E-state index contributed by atoms with van der Waals surface area (Å²) < 4.78 is 0. The molecule has 0 aromatic rings. The zero-order chi connectivity index (χ0) is 7.28. The summed E-state index contributed by atoms with van der Waals surface area (Å²) in [4.78, 5) is 0. The molecule has 0 bridgehead atoms. The van der Waals surface area contributed by atoms with E-state index in [1.54, 1.807) is 0 Å². The summed E-state index contributed by atoms with van der Waals surface area (Å²) >= 11 is 0. The largest absolute Gasteiger partial charge is 0.0654 e. The lowest BCUT2D eigenvalue weighted by atomic mass is 9.93. The topological polar surface area (TPSA) is 0 Å². The van der Waals surface area contributed by atoms with Crippen molar-refractivity contribution >= 4 is 0 Å². The van der Waals surface area contributed by atoms with Crippen LogP contribution in [0.3, 0.4) is 0 Å². The Morgan fingerprint density at radius 1 is 1.33 bits per heavy atom. The Morgan fingerprint density at radius 3 is 2.22 bits per heavy atom. The Balaban J connectivity index is 3.16. The van der Waals surface area contributed by atoms with Crippen LogP contribution in [0.15, 0.2) is 0 Å². The monoisotopic (exact) mass is 127 g/mol. The predicted molar refractivity (Wildman–Crippen MR) is 43.2 cm³/mol. The number of unbranched alkanes of at least 4 members (excludes halogenated alkanes) is 1. The summed E-state index contributed by atoms with van der Waals surface area (Å²) in [6, 6.07) is 0. The van der Waals surface area contributed by atoms with Crippen molar-refractivity contribution in [2.75, 3.05) is 0 Å². The number of rotatable bonds is 4. The van der Waals surface area contributed by atoms with E-state index in [0.29, 0.717) is 5.92 Å². The minimum atomic E-state index is 0.671. The van der Waals surface area contributed by atoms with Crippen molar-refractivity contribution < 1.29 is 0 Å². The van der Waals surface area contributed by atoms with E-state index in [0.717, 1.165) is 5.92 Å². The van der Waals surface area contributed by atoms with Crippen molar-refractivity contribution in [1.29, 1.82) is 0 Å². The highest BCUT2D eigenvalue weighted by Gasteiger charge is 2.04. The van der Waals surface area contributed by atoms with E-state index >= 15 is 0 Å². The highest BCUT2D eigenvalue weighted by Crippen LogP contribution is 2.15. The summed E-state index contributed by atoms with van der Waals surface area (Å²) in [6.07, 6.45) is 3.94. The lowest BCUT2D eigenvalue weighted by Crippen LogP contribution is -2.03. The average Bonchev–Trinajstić information content (AvgIpc) is 1.82. The van der Waals surface area contributed by atoms with Crippen molar-refractivity contribution in [2.45, 2.75) is 40.0 Å². The SMILES string of the molecule is [CH2]C(CCCC)C(C)C. The molecule has 1 radical (unpaired) electrons. The maximum atomic E-state index is 4.08. The molecule has 55 valence electrons. The van der Waals surface area contributed by atoms with Crippen LogP contribution in [0.1, 0.15) is 40.0 Å². The van der Waals surface area contributed by atoms with E-state index in [-0.39, 0.29) is 0 Å². The van der Waals surface area contributed by atoms with Crippen LogP contribution in [-0.2, 0) is 0 Å². The van der Waals surface area contributed by atoms with Gasteiger partial charge < -0.3 is 0 Å². The van der Waals surface area contributed by atoms with E-state index in [4.69, 9.17) is 0 Å². The van der Waals surface area contributed by atoms with Gasteiger partial charge in [0, 0.05) is 0 Å². The first-order chi connectivity index (χ1) is 4.18. The van der Waals surface area contributed by atoms with Gasteiger partial charge in [0.15, 0.2) is 0 Å². The van der Waals surface area contributed by atoms with Crippen molar-refractivity contribution in [2.24, 2.45) is 11.8 Å². The normalized spacial score (nSPS) is 14.3. The highest BCUT2D eigenvalue weighted by atomic mass is 14.1. The molecule has 9 heavy (non-hydrogen) atoms. The van der Waals surface area contributed by atoms with Gasteiger partial charge in [-0.3, -0.25) is 0 Å². The lowest BCUT2D eigenvalue weighted by Gasteiger charge is -2.13. The molecular formula is C9H19. The van der Waals surface area contributed by atoms with Crippen LogP contribution in [0.4, 0.5) is 0 Å². The second-order valence-corrected chi connectivity index (χ2v) is 3.15. The van der Waals surface area contributed by atoms with Crippen LogP contribution >= 0.6 is 0 Å². The molecule has 0 spiro atoms. The Hall–Kier alpha value is 0. The fourth-order valence-electron chi connectivity index (χ4n) is 0.800. The molecule has 0 heteroatoms. The molecule has 0 aliphatic heterocycles. The van der Waals surface area contributed by atoms with Gasteiger partial charge in [-0.2, -0.15) is 0 Å². The number of hydrogen-bond acceptors (Lipinski definition) is 0. The van der Waals surface area contributed by atoms with Gasteiger partial charge in [-0.1, -0.05) is 40.0 Å². The van der Waals surface area contributed by atoms with Gasteiger partial charge in [0.05, 0.1) is 0 Å². The molecule has 1 atom stereocenters. The van der Waals surface area contributed by atoms with Crippen molar-refractivity contribution in [3.63, 3.8) is 0 Å². The fourth-order valence-corrected chi connectivity index (χ4v) is 0.800. The minimum Gasteiger partial charge on any atom is -0.0654 e. The van der Waals surface area contributed by atoms with Crippen LogP contribution in [0, 0.1) is 18.8 Å². The van der Waals surface area contributed by atoms with Crippen LogP contribution in [-0.4, -0.2) is 0 Å². The molecule has 0 aromatic heterocycles. The number of hydrogen-bond donors (Lipinski definition) is 0. The summed E-state index contributed by atoms with van der Waals surface area (Å²) in [5, 5.41) is 0. The quantitative estimate of drug-likeness (QED) is 0.543. The molecule has 0 saturated heterocycles. The van der Waals surface area contributed by atoms with Gasteiger partial charge in [-0.25, -0.2) is 0 Å². The van der Waals surface area contributed by atoms with Gasteiger partial charge in [-0.15, -0.1) is 0 Å². The van der Waals surface area contributed by atoms with Crippen molar-refractivity contribution in [3.05, 3.63) is 6.92 Å². The summed E-state index contributed by atoms with van der Waals surface area (Å²) in [6.45, 7) is 10.8. The molecule has 0 heterocycles. The second-order valence-electron chi connectivity index (χ2n) is 3.15. The molecule has 0 saturated carbocycles. The predicted octanol–water partition coefficient (Wildman–Crippen LogP) is 3.28. The fraction of sp³-hybridized carbons (Fsp3) is 0.889. The molecule has 0 N–H and O–H groups in total. The minimum absolute atomic E-state index is 0.671. The van der Waals surface area contributed by atoms with E-state index in [2.05, 4.69) is 27.7 Å².